The van der Waals surface area contributed by atoms with Crippen molar-refractivity contribution in [3.63, 3.8) is 0 Å². The van der Waals surface area contributed by atoms with Gasteiger partial charge in [0.15, 0.2) is 5.54 Å². The zero-order valence-electron chi connectivity index (χ0n) is 12.5. The minimum absolute atomic E-state index is 0.197. The van der Waals surface area contributed by atoms with Crippen molar-refractivity contribution in [3.05, 3.63) is 62.8 Å². The van der Waals surface area contributed by atoms with Gasteiger partial charge in [0.1, 0.15) is 0 Å². The summed E-state index contributed by atoms with van der Waals surface area (Å²) in [6.45, 7) is 0. The number of likely N-dealkylation sites (N-methyl/N-ethyl adjacent to an activating group) is 1. The Kier molecular flexibility index (Phi) is 4.48. The van der Waals surface area contributed by atoms with Gasteiger partial charge in [0.25, 0.3) is 0 Å². The monoisotopic (exact) mass is 332 g/mol. The average molecular weight is 333 g/mol. The van der Waals surface area contributed by atoms with Gasteiger partial charge in [0.05, 0.1) is 12.1 Å². The molecule has 22 heavy (non-hydrogen) atoms. The Bertz CT molecular complexity index is 708. The van der Waals surface area contributed by atoms with Gasteiger partial charge in [-0.05, 0) is 36.4 Å². The Labute approximate surface area is 139 Å². The zero-order chi connectivity index (χ0) is 15.6. The van der Waals surface area contributed by atoms with E-state index in [9.17, 15) is 4.79 Å². The molecule has 0 amide bonds. The van der Waals surface area contributed by atoms with E-state index in [1.54, 1.807) is 11.3 Å². The molecule has 1 aliphatic carbocycles. The molecule has 0 bridgehead atoms. The summed E-state index contributed by atoms with van der Waals surface area (Å²) in [5, 5.41) is 4.73. The lowest BCUT2D eigenvalue weighted by molar-refractivity contribution is -0.698. The number of carbonyl (C=O) groups is 1. The molecular weight excluding hydrogens is 314 g/mol. The third kappa shape index (κ3) is 2.65. The van der Waals surface area contributed by atoms with Gasteiger partial charge in [0, 0.05) is 22.4 Å². The first-order chi connectivity index (χ1) is 10.7. The lowest BCUT2D eigenvalue weighted by atomic mass is 9.73. The summed E-state index contributed by atoms with van der Waals surface area (Å²) in [6.07, 6.45) is 4.71. The largest absolute Gasteiger partial charge is 0.333 e. The molecule has 1 saturated carbocycles. The van der Waals surface area contributed by atoms with E-state index in [1.807, 2.05) is 60.2 Å². The Morgan fingerprint density at radius 2 is 2.09 bits per heavy atom. The van der Waals surface area contributed by atoms with Crippen molar-refractivity contribution in [2.45, 2.75) is 24.8 Å². The van der Waals surface area contributed by atoms with E-state index >= 15 is 0 Å². The predicted molar refractivity (Wildman–Crippen MR) is 92.1 cm³/mol. The van der Waals surface area contributed by atoms with E-state index in [0.717, 1.165) is 35.3 Å². The molecule has 0 unspecified atom stereocenters. The Hall–Kier alpha value is -1.42. The number of rotatable bonds is 3. The maximum absolute atomic E-state index is 13.2. The van der Waals surface area contributed by atoms with Crippen LogP contribution in [0.15, 0.2) is 47.4 Å². The van der Waals surface area contributed by atoms with Crippen LogP contribution in [0.2, 0.25) is 5.02 Å². The first kappa shape index (κ1) is 15.5. The van der Waals surface area contributed by atoms with Crippen molar-refractivity contribution < 1.29 is 10.1 Å². The molecule has 0 spiro atoms. The van der Waals surface area contributed by atoms with Gasteiger partial charge in [-0.25, -0.2) is 0 Å². The molecule has 1 aliphatic rings. The molecule has 1 atom stereocenters. The number of nitrogens with two attached hydrogens (primary N) is 1. The molecule has 2 N–H and O–H groups in total. The lowest BCUT2D eigenvalue weighted by Gasteiger charge is -2.34. The summed E-state index contributed by atoms with van der Waals surface area (Å²) in [5.74, 6) is 0.197. The van der Waals surface area contributed by atoms with Gasteiger partial charge in [0.2, 0.25) is 5.78 Å². The third-order valence-corrected chi connectivity index (χ3v) is 5.57. The van der Waals surface area contributed by atoms with E-state index < -0.39 is 5.54 Å². The number of Topliss-reactive ketones (excluding diaryl/α,β-unsaturated/α-hetero) is 1. The van der Waals surface area contributed by atoms with Crippen LogP contribution in [-0.4, -0.2) is 12.8 Å². The highest BCUT2D eigenvalue weighted by molar-refractivity contribution is 7.10. The molecule has 1 heterocycles. The van der Waals surface area contributed by atoms with Crippen LogP contribution in [0.5, 0.6) is 0 Å². The Morgan fingerprint density at radius 3 is 2.77 bits per heavy atom. The molecular formula is C18H19ClNOS+. The lowest BCUT2D eigenvalue weighted by Crippen LogP contribution is -2.94. The summed E-state index contributed by atoms with van der Waals surface area (Å²) in [6, 6.07) is 11.8. The minimum Gasteiger partial charge on any atom is -0.333 e. The van der Waals surface area contributed by atoms with E-state index in [2.05, 4.69) is 0 Å². The highest BCUT2D eigenvalue weighted by Gasteiger charge is 2.47. The van der Waals surface area contributed by atoms with E-state index in [4.69, 9.17) is 11.6 Å². The third-order valence-electron chi connectivity index (χ3n) is 4.42. The summed E-state index contributed by atoms with van der Waals surface area (Å²) >= 11 is 8.05. The van der Waals surface area contributed by atoms with E-state index in [-0.39, 0.29) is 5.78 Å². The van der Waals surface area contributed by atoms with Crippen LogP contribution in [-0.2, 0) is 10.3 Å². The normalized spacial score (nSPS) is 23.9. The van der Waals surface area contributed by atoms with Crippen LogP contribution in [0.1, 0.15) is 29.7 Å². The fraction of sp³-hybridized carbons (Fsp3) is 0.278. The molecule has 0 saturated heterocycles. The molecule has 1 aromatic heterocycles. The molecule has 0 aliphatic heterocycles. The fourth-order valence-corrected chi connectivity index (χ4v) is 4.25. The number of quaternary nitrogens is 1. The van der Waals surface area contributed by atoms with E-state index in [1.165, 1.54) is 0 Å². The second-order valence-electron chi connectivity index (χ2n) is 5.61. The number of ketones is 1. The van der Waals surface area contributed by atoms with Crippen molar-refractivity contribution in [2.24, 2.45) is 0 Å². The van der Waals surface area contributed by atoms with Gasteiger partial charge < -0.3 is 5.32 Å². The Balaban J connectivity index is 2.05. The SMILES string of the molecule is C[NH2+][C@]1(c2ccccc2Cl)CCC/C(=C\c2cccs2)C1=O. The summed E-state index contributed by atoms with van der Waals surface area (Å²) in [4.78, 5) is 14.3. The molecule has 2 aromatic rings. The molecule has 114 valence electrons. The average Bonchev–Trinajstić information content (AvgIpc) is 3.04. The van der Waals surface area contributed by atoms with Gasteiger partial charge >= 0.3 is 0 Å². The Morgan fingerprint density at radius 1 is 1.27 bits per heavy atom. The first-order valence-electron chi connectivity index (χ1n) is 7.52. The molecule has 3 rings (SSSR count). The van der Waals surface area contributed by atoms with Crippen molar-refractivity contribution in [3.8, 4) is 0 Å². The summed E-state index contributed by atoms with van der Waals surface area (Å²) in [7, 11) is 1.97. The predicted octanol–water partition coefficient (Wildman–Crippen LogP) is 3.63. The van der Waals surface area contributed by atoms with Crippen LogP contribution in [0, 0.1) is 0 Å². The molecule has 0 radical (unpaired) electrons. The van der Waals surface area contributed by atoms with Gasteiger partial charge in [-0.3, -0.25) is 4.79 Å². The summed E-state index contributed by atoms with van der Waals surface area (Å²) < 4.78 is 0. The van der Waals surface area contributed by atoms with Gasteiger partial charge in [-0.15, -0.1) is 11.3 Å². The van der Waals surface area contributed by atoms with Crippen molar-refractivity contribution in [1.29, 1.82) is 0 Å². The maximum Gasteiger partial charge on any atom is 0.223 e. The first-order valence-corrected chi connectivity index (χ1v) is 8.77. The van der Waals surface area contributed by atoms with Crippen LogP contribution < -0.4 is 5.32 Å². The second kappa shape index (κ2) is 6.37. The van der Waals surface area contributed by atoms with Crippen molar-refractivity contribution in [2.75, 3.05) is 7.05 Å². The maximum atomic E-state index is 13.2. The van der Waals surface area contributed by atoms with Gasteiger partial charge in [-0.2, -0.15) is 0 Å². The van der Waals surface area contributed by atoms with Crippen LogP contribution >= 0.6 is 22.9 Å². The van der Waals surface area contributed by atoms with Crippen molar-refractivity contribution >= 4 is 34.8 Å². The number of hydrogen-bond donors (Lipinski definition) is 1. The molecule has 1 fully saturated rings. The highest BCUT2D eigenvalue weighted by atomic mass is 35.5. The molecule has 2 nitrogen and oxygen atoms in total. The summed E-state index contributed by atoms with van der Waals surface area (Å²) in [5.41, 5.74) is 1.26. The smallest absolute Gasteiger partial charge is 0.223 e. The van der Waals surface area contributed by atoms with E-state index in [0.29, 0.717) is 5.02 Å². The van der Waals surface area contributed by atoms with Crippen molar-refractivity contribution in [1.82, 2.24) is 0 Å². The number of halogens is 1. The fourth-order valence-electron chi connectivity index (χ4n) is 3.26. The zero-order valence-corrected chi connectivity index (χ0v) is 14.1. The highest BCUT2D eigenvalue weighted by Crippen LogP contribution is 2.37. The minimum atomic E-state index is -0.584. The van der Waals surface area contributed by atoms with Crippen LogP contribution in [0.3, 0.4) is 0 Å². The van der Waals surface area contributed by atoms with Crippen LogP contribution in [0.25, 0.3) is 6.08 Å². The number of thiophene rings is 1. The standard InChI is InChI=1S/C18H18ClNOS/c1-20-18(15-8-2-3-9-16(15)19)10-4-6-13(17(18)21)12-14-7-5-11-22-14/h2-3,5,7-9,11-12,20H,4,6,10H2,1H3/p+1/b13-12+/t18-/m0/s1. The number of hydrogen-bond acceptors (Lipinski definition) is 2. The molecule has 1 aromatic carbocycles. The van der Waals surface area contributed by atoms with Crippen LogP contribution in [0.4, 0.5) is 0 Å². The van der Waals surface area contributed by atoms with Gasteiger partial charge in [-0.1, -0.05) is 35.9 Å². The quantitative estimate of drug-likeness (QED) is 0.856. The number of benzene rings is 1. The topological polar surface area (TPSA) is 33.7 Å². The second-order valence-corrected chi connectivity index (χ2v) is 6.99. The number of carbonyl (C=O) groups excluding carboxylic acids is 1. The molecule has 4 heteroatoms.